The van der Waals surface area contributed by atoms with Crippen LogP contribution in [0.1, 0.15) is 18.4 Å². The monoisotopic (exact) mass is 232 g/mol. The van der Waals surface area contributed by atoms with Crippen molar-refractivity contribution in [3.8, 4) is 0 Å². The largest absolute Gasteiger partial charge is 0.394 e. The highest BCUT2D eigenvalue weighted by Gasteiger charge is 2.26. The van der Waals surface area contributed by atoms with Gasteiger partial charge in [-0.05, 0) is 30.5 Å². The molecule has 0 saturated carbocycles. The molecule has 1 aliphatic heterocycles. The second-order valence-corrected chi connectivity index (χ2v) is 4.13. The smallest absolute Gasteiger partial charge is 0.246 e. The van der Waals surface area contributed by atoms with Gasteiger partial charge in [-0.2, -0.15) is 0 Å². The van der Waals surface area contributed by atoms with Crippen LogP contribution in [0.15, 0.2) is 30.6 Å². The lowest BCUT2D eigenvalue weighted by atomic mass is 10.2. The van der Waals surface area contributed by atoms with Gasteiger partial charge in [0, 0.05) is 25.0 Å². The summed E-state index contributed by atoms with van der Waals surface area (Å²) >= 11 is 0. The fraction of sp³-hybridized carbons (Fsp3) is 0.385. The standard InChI is InChI=1S/C13H16N2O2/c16-10-12-4-2-8-15(12)13(17)6-5-11-3-1-7-14-9-11/h1,3,5-7,9,12,16H,2,4,8,10H2/b6-5+. The van der Waals surface area contributed by atoms with E-state index in [-0.39, 0.29) is 18.6 Å². The third-order valence-electron chi connectivity index (χ3n) is 2.97. The molecule has 4 heteroatoms. The van der Waals surface area contributed by atoms with Crippen LogP contribution in [-0.4, -0.2) is 40.1 Å². The molecule has 17 heavy (non-hydrogen) atoms. The summed E-state index contributed by atoms with van der Waals surface area (Å²) in [6.45, 7) is 0.786. The Hall–Kier alpha value is -1.68. The average molecular weight is 232 g/mol. The number of carbonyl (C=O) groups is 1. The first-order valence-corrected chi connectivity index (χ1v) is 5.81. The number of nitrogens with zero attached hydrogens (tertiary/aromatic N) is 2. The van der Waals surface area contributed by atoms with Crippen molar-refractivity contribution in [2.75, 3.05) is 13.2 Å². The highest BCUT2D eigenvalue weighted by atomic mass is 16.3. The molecule has 1 aromatic rings. The quantitative estimate of drug-likeness (QED) is 0.793. The number of hydrogen-bond donors (Lipinski definition) is 1. The molecule has 1 atom stereocenters. The molecular weight excluding hydrogens is 216 g/mol. The van der Waals surface area contributed by atoms with Crippen molar-refractivity contribution >= 4 is 12.0 Å². The molecule has 0 aliphatic carbocycles. The molecule has 0 aromatic carbocycles. The summed E-state index contributed by atoms with van der Waals surface area (Å²) in [6.07, 6.45) is 8.56. The highest BCUT2D eigenvalue weighted by molar-refractivity contribution is 5.92. The molecular formula is C13H16N2O2. The number of aliphatic hydroxyl groups is 1. The summed E-state index contributed by atoms with van der Waals surface area (Å²) in [5.41, 5.74) is 0.903. The molecule has 4 nitrogen and oxygen atoms in total. The molecule has 1 aromatic heterocycles. The Morgan fingerprint density at radius 3 is 3.24 bits per heavy atom. The summed E-state index contributed by atoms with van der Waals surface area (Å²) < 4.78 is 0. The Balaban J connectivity index is 1.99. The minimum absolute atomic E-state index is 0.0129. The van der Waals surface area contributed by atoms with Crippen molar-refractivity contribution in [2.45, 2.75) is 18.9 Å². The normalized spacial score (nSPS) is 20.1. The molecule has 0 spiro atoms. The van der Waals surface area contributed by atoms with E-state index < -0.39 is 0 Å². The number of aromatic nitrogens is 1. The van der Waals surface area contributed by atoms with Crippen LogP contribution in [0, 0.1) is 0 Å². The van der Waals surface area contributed by atoms with Gasteiger partial charge in [0.1, 0.15) is 0 Å². The predicted octanol–water partition coefficient (Wildman–Crippen LogP) is 1.08. The molecule has 90 valence electrons. The fourth-order valence-corrected chi connectivity index (χ4v) is 2.05. The van der Waals surface area contributed by atoms with Crippen LogP contribution in [0.2, 0.25) is 0 Å². The van der Waals surface area contributed by atoms with E-state index in [0.29, 0.717) is 0 Å². The van der Waals surface area contributed by atoms with Crippen molar-refractivity contribution in [3.63, 3.8) is 0 Å². The van der Waals surface area contributed by atoms with E-state index in [2.05, 4.69) is 4.98 Å². The Morgan fingerprint density at radius 2 is 2.53 bits per heavy atom. The van der Waals surface area contributed by atoms with Crippen molar-refractivity contribution < 1.29 is 9.90 Å². The first-order valence-electron chi connectivity index (χ1n) is 5.81. The van der Waals surface area contributed by atoms with E-state index in [1.807, 2.05) is 12.1 Å². The Morgan fingerprint density at radius 1 is 1.65 bits per heavy atom. The average Bonchev–Trinajstić information content (AvgIpc) is 2.85. The zero-order valence-electron chi connectivity index (χ0n) is 9.62. The highest BCUT2D eigenvalue weighted by Crippen LogP contribution is 2.17. The lowest BCUT2D eigenvalue weighted by Gasteiger charge is -2.21. The van der Waals surface area contributed by atoms with Gasteiger partial charge in [0.15, 0.2) is 0 Å². The zero-order valence-corrected chi connectivity index (χ0v) is 9.62. The van der Waals surface area contributed by atoms with Crippen molar-refractivity contribution in [1.82, 2.24) is 9.88 Å². The van der Waals surface area contributed by atoms with Gasteiger partial charge < -0.3 is 10.0 Å². The van der Waals surface area contributed by atoms with Crippen LogP contribution in [-0.2, 0) is 4.79 Å². The first-order chi connectivity index (χ1) is 8.31. The van der Waals surface area contributed by atoms with Crippen LogP contribution in [0.3, 0.4) is 0 Å². The maximum atomic E-state index is 11.9. The molecule has 1 unspecified atom stereocenters. The lowest BCUT2D eigenvalue weighted by Crippen LogP contribution is -2.36. The first kappa shape index (κ1) is 11.8. The Labute approximate surface area is 101 Å². The van der Waals surface area contributed by atoms with Crippen molar-refractivity contribution in [3.05, 3.63) is 36.2 Å². The van der Waals surface area contributed by atoms with Gasteiger partial charge in [0.05, 0.1) is 12.6 Å². The molecule has 0 radical (unpaired) electrons. The molecule has 2 heterocycles. The maximum absolute atomic E-state index is 11.9. The Bertz CT molecular complexity index is 403. The van der Waals surface area contributed by atoms with E-state index >= 15 is 0 Å². The second kappa shape index (κ2) is 5.59. The van der Waals surface area contributed by atoms with E-state index in [1.165, 1.54) is 0 Å². The number of rotatable bonds is 3. The summed E-state index contributed by atoms with van der Waals surface area (Å²) in [7, 11) is 0. The summed E-state index contributed by atoms with van der Waals surface area (Å²) in [5, 5.41) is 9.14. The lowest BCUT2D eigenvalue weighted by molar-refractivity contribution is -0.127. The van der Waals surface area contributed by atoms with E-state index in [1.54, 1.807) is 29.4 Å². The maximum Gasteiger partial charge on any atom is 0.246 e. The summed E-state index contributed by atoms with van der Waals surface area (Å²) in [4.78, 5) is 17.6. The molecule has 2 rings (SSSR count). The number of likely N-dealkylation sites (tertiary alicyclic amines) is 1. The predicted molar refractivity (Wildman–Crippen MR) is 65.1 cm³/mol. The van der Waals surface area contributed by atoms with Gasteiger partial charge >= 0.3 is 0 Å². The molecule has 1 N–H and O–H groups in total. The van der Waals surface area contributed by atoms with Gasteiger partial charge in [0.2, 0.25) is 5.91 Å². The number of aliphatic hydroxyl groups excluding tert-OH is 1. The van der Waals surface area contributed by atoms with E-state index in [0.717, 1.165) is 24.9 Å². The van der Waals surface area contributed by atoms with E-state index in [4.69, 9.17) is 5.11 Å². The number of hydrogen-bond acceptors (Lipinski definition) is 3. The molecule has 1 saturated heterocycles. The number of amides is 1. The van der Waals surface area contributed by atoms with Crippen molar-refractivity contribution in [2.24, 2.45) is 0 Å². The van der Waals surface area contributed by atoms with Gasteiger partial charge in [0.25, 0.3) is 0 Å². The zero-order chi connectivity index (χ0) is 12.1. The topological polar surface area (TPSA) is 53.4 Å². The minimum Gasteiger partial charge on any atom is -0.394 e. The molecule has 0 bridgehead atoms. The molecule has 1 amide bonds. The number of pyridine rings is 1. The molecule has 1 aliphatic rings. The second-order valence-electron chi connectivity index (χ2n) is 4.13. The minimum atomic E-state index is -0.0367. The van der Waals surface area contributed by atoms with Gasteiger partial charge in [-0.25, -0.2) is 0 Å². The van der Waals surface area contributed by atoms with Gasteiger partial charge in [-0.15, -0.1) is 0 Å². The Kier molecular flexibility index (Phi) is 3.88. The van der Waals surface area contributed by atoms with Crippen LogP contribution in [0.25, 0.3) is 6.08 Å². The van der Waals surface area contributed by atoms with Crippen LogP contribution >= 0.6 is 0 Å². The van der Waals surface area contributed by atoms with E-state index in [9.17, 15) is 4.79 Å². The van der Waals surface area contributed by atoms with Gasteiger partial charge in [-0.3, -0.25) is 9.78 Å². The van der Waals surface area contributed by atoms with Crippen molar-refractivity contribution in [1.29, 1.82) is 0 Å². The fourth-order valence-electron chi connectivity index (χ4n) is 2.05. The summed E-state index contributed by atoms with van der Waals surface area (Å²) in [6, 6.07) is 3.71. The third-order valence-corrected chi connectivity index (χ3v) is 2.97. The van der Waals surface area contributed by atoms with Crippen LogP contribution in [0.5, 0.6) is 0 Å². The molecule has 1 fully saturated rings. The summed E-state index contributed by atoms with van der Waals surface area (Å²) in [5.74, 6) is -0.0367. The van der Waals surface area contributed by atoms with Crippen LogP contribution < -0.4 is 0 Å². The third kappa shape index (κ3) is 2.91. The van der Waals surface area contributed by atoms with Gasteiger partial charge in [-0.1, -0.05) is 6.07 Å². The SMILES string of the molecule is O=C(/C=C/c1cccnc1)N1CCCC1CO. The number of carbonyl (C=O) groups excluding carboxylic acids is 1. The van der Waals surface area contributed by atoms with Crippen LogP contribution in [0.4, 0.5) is 0 Å².